The van der Waals surface area contributed by atoms with Gasteiger partial charge in [0.05, 0.1) is 6.54 Å². The van der Waals surface area contributed by atoms with Gasteiger partial charge in [0.2, 0.25) is 5.91 Å². The molecular weight excluding hydrogens is 402 g/mol. The van der Waals surface area contributed by atoms with Crippen molar-refractivity contribution in [3.05, 3.63) is 90.3 Å². The molecule has 6 heteroatoms. The average molecular weight is 430 g/mol. The van der Waals surface area contributed by atoms with Crippen LogP contribution in [0.5, 0.6) is 5.75 Å². The van der Waals surface area contributed by atoms with Crippen molar-refractivity contribution in [3.8, 4) is 5.75 Å². The zero-order valence-corrected chi connectivity index (χ0v) is 17.9. The van der Waals surface area contributed by atoms with Crippen LogP contribution in [0.1, 0.15) is 28.8 Å². The maximum Gasteiger partial charge on any atom is 0.242 e. The molecule has 4 rings (SSSR count). The summed E-state index contributed by atoms with van der Waals surface area (Å²) in [6.07, 6.45) is 4.87. The number of hydrogen-bond donors (Lipinski definition) is 1. The van der Waals surface area contributed by atoms with E-state index in [-0.39, 0.29) is 29.9 Å². The van der Waals surface area contributed by atoms with Crippen LogP contribution < -0.4 is 4.90 Å². The van der Waals surface area contributed by atoms with Gasteiger partial charge in [-0.15, -0.1) is 0 Å². The fourth-order valence-electron chi connectivity index (χ4n) is 4.11. The molecule has 1 fully saturated rings. The minimum absolute atomic E-state index is 0.0632. The van der Waals surface area contributed by atoms with Crippen LogP contribution in [0.4, 0.5) is 5.69 Å². The largest absolute Gasteiger partial charge is 0.508 e. The molecule has 1 aromatic heterocycles. The monoisotopic (exact) mass is 429 g/mol. The van der Waals surface area contributed by atoms with E-state index in [0.717, 1.165) is 11.3 Å². The Balaban J connectivity index is 1.38. The molecule has 1 N–H and O–H groups in total. The number of amides is 1. The van der Waals surface area contributed by atoms with Crippen molar-refractivity contribution in [2.45, 2.75) is 19.4 Å². The van der Waals surface area contributed by atoms with E-state index >= 15 is 0 Å². The number of pyridine rings is 1. The van der Waals surface area contributed by atoms with Gasteiger partial charge in [0.1, 0.15) is 5.75 Å². The third-order valence-corrected chi connectivity index (χ3v) is 5.91. The minimum atomic E-state index is -0.0933. The lowest BCUT2D eigenvalue weighted by Gasteiger charge is -2.33. The molecule has 6 nitrogen and oxygen atoms in total. The van der Waals surface area contributed by atoms with Crippen LogP contribution in [-0.4, -0.2) is 46.3 Å². The van der Waals surface area contributed by atoms with Crippen LogP contribution in [0.25, 0.3) is 0 Å². The number of aromatic hydroxyl groups is 1. The molecule has 2 aromatic carbocycles. The number of aromatic nitrogens is 1. The van der Waals surface area contributed by atoms with Gasteiger partial charge < -0.3 is 14.9 Å². The lowest BCUT2D eigenvalue weighted by molar-refractivity contribution is -0.131. The summed E-state index contributed by atoms with van der Waals surface area (Å²) in [6, 6.07) is 20.2. The van der Waals surface area contributed by atoms with E-state index in [1.54, 1.807) is 18.3 Å². The molecule has 0 atom stereocenters. The summed E-state index contributed by atoms with van der Waals surface area (Å²) in [5.41, 5.74) is 2.64. The molecule has 1 aliphatic heterocycles. The number of para-hydroxylation sites is 1. The lowest BCUT2D eigenvalue weighted by atomic mass is 9.89. The number of carbonyl (C=O) groups is 2. The van der Waals surface area contributed by atoms with Gasteiger partial charge in [-0.3, -0.25) is 14.6 Å². The fourth-order valence-corrected chi connectivity index (χ4v) is 4.11. The van der Waals surface area contributed by atoms with Crippen molar-refractivity contribution in [2.75, 3.05) is 24.5 Å². The predicted octanol–water partition coefficient (Wildman–Crippen LogP) is 3.92. The molecule has 2 heterocycles. The number of rotatable bonds is 7. The summed E-state index contributed by atoms with van der Waals surface area (Å²) >= 11 is 0. The Kier molecular flexibility index (Phi) is 6.80. The summed E-state index contributed by atoms with van der Waals surface area (Å²) in [5.74, 6) is 0.202. The zero-order valence-electron chi connectivity index (χ0n) is 17.9. The molecule has 0 radical (unpaired) electrons. The van der Waals surface area contributed by atoms with Crippen LogP contribution in [0.3, 0.4) is 0 Å². The van der Waals surface area contributed by atoms with Gasteiger partial charge in [-0.1, -0.05) is 24.3 Å². The van der Waals surface area contributed by atoms with Crippen LogP contribution in [0.2, 0.25) is 0 Å². The van der Waals surface area contributed by atoms with E-state index in [4.69, 9.17) is 0 Å². The van der Waals surface area contributed by atoms with Crippen molar-refractivity contribution in [1.29, 1.82) is 0 Å². The van der Waals surface area contributed by atoms with Crippen LogP contribution >= 0.6 is 0 Å². The van der Waals surface area contributed by atoms with E-state index in [2.05, 4.69) is 9.88 Å². The Hall–Kier alpha value is -3.67. The second-order valence-corrected chi connectivity index (χ2v) is 8.12. The Morgan fingerprint density at radius 3 is 2.34 bits per heavy atom. The van der Waals surface area contributed by atoms with Crippen molar-refractivity contribution >= 4 is 17.4 Å². The van der Waals surface area contributed by atoms with Gasteiger partial charge in [0, 0.05) is 49.2 Å². The highest BCUT2D eigenvalue weighted by molar-refractivity contribution is 5.98. The minimum Gasteiger partial charge on any atom is -0.508 e. The number of likely N-dealkylation sites (tertiary alicyclic amines) is 1. The first-order valence-electron chi connectivity index (χ1n) is 10.9. The van der Waals surface area contributed by atoms with Gasteiger partial charge >= 0.3 is 0 Å². The van der Waals surface area contributed by atoms with E-state index < -0.39 is 0 Å². The average Bonchev–Trinajstić information content (AvgIpc) is 2.85. The summed E-state index contributed by atoms with van der Waals surface area (Å²) in [4.78, 5) is 34.0. The highest BCUT2D eigenvalue weighted by Gasteiger charge is 2.28. The van der Waals surface area contributed by atoms with Gasteiger partial charge in [-0.05, 0) is 60.9 Å². The number of phenols is 1. The van der Waals surface area contributed by atoms with Gasteiger partial charge in [0.25, 0.3) is 0 Å². The fraction of sp³-hybridized carbons (Fsp3) is 0.269. The standard InChI is InChI=1S/C26H27N3O3/c30-24-10-8-21(9-11-24)26(32)22-12-15-28(16-13-22)25(31)19-29(23-6-2-1-3-7-23)18-20-5-4-14-27-17-20/h1-11,14,17,22,30H,12-13,15-16,18-19H2. The molecule has 0 unspecified atom stereocenters. The Morgan fingerprint density at radius 1 is 0.969 bits per heavy atom. The molecule has 1 aliphatic rings. The molecule has 3 aromatic rings. The first-order valence-corrected chi connectivity index (χ1v) is 10.9. The first kappa shape index (κ1) is 21.6. The van der Waals surface area contributed by atoms with Crippen molar-refractivity contribution in [3.63, 3.8) is 0 Å². The summed E-state index contributed by atoms with van der Waals surface area (Å²) in [6.45, 7) is 2.01. The maximum absolute atomic E-state index is 13.1. The molecular formula is C26H27N3O3. The van der Waals surface area contributed by atoms with Gasteiger partial charge in [-0.2, -0.15) is 0 Å². The third-order valence-electron chi connectivity index (χ3n) is 5.91. The molecule has 164 valence electrons. The number of piperidine rings is 1. The number of nitrogens with zero attached hydrogens (tertiary/aromatic N) is 3. The van der Waals surface area contributed by atoms with Crippen LogP contribution in [-0.2, 0) is 11.3 Å². The van der Waals surface area contributed by atoms with Crippen molar-refractivity contribution in [2.24, 2.45) is 5.92 Å². The first-order chi connectivity index (χ1) is 15.6. The van der Waals surface area contributed by atoms with E-state index in [0.29, 0.717) is 38.0 Å². The number of phenolic OH excluding ortho intramolecular Hbond substituents is 1. The SMILES string of the molecule is O=C(c1ccc(O)cc1)C1CCN(C(=O)CN(Cc2cccnc2)c2ccccc2)CC1. The molecule has 0 saturated carbocycles. The molecule has 1 amide bonds. The topological polar surface area (TPSA) is 73.7 Å². The second-order valence-electron chi connectivity index (χ2n) is 8.12. The Morgan fingerprint density at radius 2 is 1.69 bits per heavy atom. The molecule has 32 heavy (non-hydrogen) atoms. The highest BCUT2D eigenvalue weighted by atomic mass is 16.3. The molecule has 1 saturated heterocycles. The Bertz CT molecular complexity index is 1030. The molecule has 0 spiro atoms. The smallest absolute Gasteiger partial charge is 0.242 e. The third kappa shape index (κ3) is 5.32. The van der Waals surface area contributed by atoms with E-state index in [1.807, 2.05) is 53.6 Å². The van der Waals surface area contributed by atoms with Gasteiger partial charge in [-0.25, -0.2) is 0 Å². The summed E-state index contributed by atoms with van der Waals surface area (Å²) in [7, 11) is 0. The number of anilines is 1. The Labute approximate surface area is 188 Å². The maximum atomic E-state index is 13.1. The summed E-state index contributed by atoms with van der Waals surface area (Å²) in [5, 5.41) is 9.43. The lowest BCUT2D eigenvalue weighted by Crippen LogP contribution is -2.45. The zero-order chi connectivity index (χ0) is 22.3. The number of ketones is 1. The normalized spacial score (nSPS) is 14.2. The molecule has 0 bridgehead atoms. The number of Topliss-reactive ketones (excluding diaryl/α,β-unsaturated/α-hetero) is 1. The predicted molar refractivity (Wildman–Crippen MR) is 123 cm³/mol. The highest BCUT2D eigenvalue weighted by Crippen LogP contribution is 2.24. The number of carbonyl (C=O) groups excluding carboxylic acids is 2. The van der Waals surface area contributed by atoms with Crippen LogP contribution in [0.15, 0.2) is 79.1 Å². The van der Waals surface area contributed by atoms with Gasteiger partial charge in [0.15, 0.2) is 5.78 Å². The second kappa shape index (κ2) is 10.1. The van der Waals surface area contributed by atoms with E-state index in [1.165, 1.54) is 12.1 Å². The molecule has 0 aliphatic carbocycles. The van der Waals surface area contributed by atoms with Crippen molar-refractivity contribution < 1.29 is 14.7 Å². The van der Waals surface area contributed by atoms with Crippen molar-refractivity contribution in [1.82, 2.24) is 9.88 Å². The van der Waals surface area contributed by atoms with Crippen LogP contribution in [0, 0.1) is 5.92 Å². The summed E-state index contributed by atoms with van der Waals surface area (Å²) < 4.78 is 0. The van der Waals surface area contributed by atoms with E-state index in [9.17, 15) is 14.7 Å². The number of benzene rings is 2. The quantitative estimate of drug-likeness (QED) is 0.577. The number of hydrogen-bond acceptors (Lipinski definition) is 5.